The fourth-order valence-electron chi connectivity index (χ4n) is 2.34. The van der Waals surface area contributed by atoms with Crippen LogP contribution in [0.5, 0.6) is 0 Å². The number of hydrogen-bond donors (Lipinski definition) is 4. The van der Waals surface area contributed by atoms with Gasteiger partial charge in [0.2, 0.25) is 0 Å². The third-order valence-corrected chi connectivity index (χ3v) is 3.61. The zero-order chi connectivity index (χ0) is 16.8. The summed E-state index contributed by atoms with van der Waals surface area (Å²) in [5, 5.41) is 31.5. The molecule has 128 valence electrons. The van der Waals surface area contributed by atoms with Crippen molar-refractivity contribution in [2.24, 2.45) is 0 Å². The number of rotatable bonds is 5. The molecule has 0 radical (unpaired) electrons. The van der Waals surface area contributed by atoms with Gasteiger partial charge in [0.25, 0.3) is 0 Å². The predicted molar refractivity (Wildman–Crippen MR) is 78.3 cm³/mol. The Balaban J connectivity index is 1.92. The number of methoxy groups -OCH3 is 1. The summed E-state index contributed by atoms with van der Waals surface area (Å²) in [6.45, 7) is -0.418. The molecule has 0 unspecified atom stereocenters. The zero-order valence-corrected chi connectivity index (χ0v) is 12.7. The predicted octanol–water partition coefficient (Wildman–Crippen LogP) is -0.633. The van der Waals surface area contributed by atoms with Crippen molar-refractivity contribution in [1.29, 1.82) is 0 Å². The monoisotopic (exact) mass is 327 g/mol. The Hall–Kier alpha value is -1.71. The Morgan fingerprint density at radius 1 is 1.26 bits per heavy atom. The molecule has 23 heavy (non-hydrogen) atoms. The minimum Gasteiger partial charge on any atom is -0.445 e. The summed E-state index contributed by atoms with van der Waals surface area (Å²) in [4.78, 5) is 11.9. The molecule has 5 atom stereocenters. The first-order valence-corrected chi connectivity index (χ1v) is 7.19. The first kappa shape index (κ1) is 17.6. The first-order valence-electron chi connectivity index (χ1n) is 7.19. The molecule has 0 aliphatic carbocycles. The molecule has 1 aromatic carbocycles. The minimum absolute atomic E-state index is 0.0653. The average molecular weight is 327 g/mol. The lowest BCUT2D eigenvalue weighted by Gasteiger charge is -2.41. The largest absolute Gasteiger partial charge is 0.445 e. The highest BCUT2D eigenvalue weighted by Crippen LogP contribution is 2.21. The fourth-order valence-corrected chi connectivity index (χ4v) is 2.34. The van der Waals surface area contributed by atoms with Crippen LogP contribution < -0.4 is 5.32 Å². The van der Waals surface area contributed by atoms with E-state index in [4.69, 9.17) is 19.3 Å². The summed E-state index contributed by atoms with van der Waals surface area (Å²) in [5.74, 6) is 0. The fraction of sp³-hybridized carbons (Fsp3) is 0.533. The summed E-state index contributed by atoms with van der Waals surface area (Å²) >= 11 is 0. The van der Waals surface area contributed by atoms with Crippen LogP contribution in [0.1, 0.15) is 5.56 Å². The first-order chi connectivity index (χ1) is 11.1. The van der Waals surface area contributed by atoms with Gasteiger partial charge in [0.05, 0.1) is 6.61 Å². The maximum atomic E-state index is 11.9. The van der Waals surface area contributed by atoms with E-state index in [2.05, 4.69) is 5.32 Å². The molecule has 1 aliphatic heterocycles. The highest BCUT2D eigenvalue weighted by atomic mass is 16.7. The Bertz CT molecular complexity index is 496. The number of aliphatic hydroxyl groups excluding tert-OH is 3. The molecule has 1 fully saturated rings. The Morgan fingerprint density at radius 2 is 1.96 bits per heavy atom. The summed E-state index contributed by atoms with van der Waals surface area (Å²) in [6.07, 6.45) is -5.51. The van der Waals surface area contributed by atoms with Crippen molar-refractivity contribution in [2.75, 3.05) is 13.7 Å². The van der Waals surface area contributed by atoms with Crippen LogP contribution in [0, 0.1) is 0 Å². The van der Waals surface area contributed by atoms with Crippen molar-refractivity contribution in [1.82, 2.24) is 5.32 Å². The van der Waals surface area contributed by atoms with Crippen LogP contribution in [0.15, 0.2) is 30.3 Å². The highest BCUT2D eigenvalue weighted by Gasteiger charge is 2.45. The second kappa shape index (κ2) is 8.23. The van der Waals surface area contributed by atoms with Gasteiger partial charge in [-0.2, -0.15) is 0 Å². The highest BCUT2D eigenvalue weighted by molar-refractivity contribution is 5.67. The molecule has 0 aromatic heterocycles. The smallest absolute Gasteiger partial charge is 0.407 e. The lowest BCUT2D eigenvalue weighted by Crippen LogP contribution is -2.64. The van der Waals surface area contributed by atoms with Crippen molar-refractivity contribution in [2.45, 2.75) is 37.3 Å². The third kappa shape index (κ3) is 4.40. The van der Waals surface area contributed by atoms with Gasteiger partial charge in [0.15, 0.2) is 6.29 Å². The van der Waals surface area contributed by atoms with Crippen LogP contribution in [0.25, 0.3) is 0 Å². The molecule has 1 amide bonds. The number of alkyl carbamates (subject to hydrolysis) is 1. The summed E-state index contributed by atoms with van der Waals surface area (Å²) in [6, 6.07) is 8.07. The van der Waals surface area contributed by atoms with Crippen molar-refractivity contribution in [3.05, 3.63) is 35.9 Å². The number of ether oxygens (including phenoxy) is 3. The van der Waals surface area contributed by atoms with Crippen molar-refractivity contribution < 1.29 is 34.3 Å². The van der Waals surface area contributed by atoms with E-state index in [0.717, 1.165) is 5.56 Å². The van der Waals surface area contributed by atoms with E-state index in [1.165, 1.54) is 7.11 Å². The molecule has 1 heterocycles. The molecular formula is C15H21NO7. The van der Waals surface area contributed by atoms with Gasteiger partial charge in [0.1, 0.15) is 31.0 Å². The topological polar surface area (TPSA) is 117 Å². The van der Waals surface area contributed by atoms with Gasteiger partial charge in [-0.05, 0) is 5.56 Å². The van der Waals surface area contributed by atoms with Gasteiger partial charge in [-0.3, -0.25) is 0 Å². The lowest BCUT2D eigenvalue weighted by atomic mass is 9.97. The van der Waals surface area contributed by atoms with Gasteiger partial charge in [-0.15, -0.1) is 0 Å². The second-order valence-corrected chi connectivity index (χ2v) is 5.17. The Labute approximate surface area is 133 Å². The number of benzene rings is 1. The van der Waals surface area contributed by atoms with Crippen molar-refractivity contribution >= 4 is 6.09 Å². The van der Waals surface area contributed by atoms with Gasteiger partial charge in [-0.25, -0.2) is 4.79 Å². The molecule has 8 heteroatoms. The number of aliphatic hydroxyl groups is 3. The van der Waals surface area contributed by atoms with Crippen LogP contribution in [0.2, 0.25) is 0 Å². The van der Waals surface area contributed by atoms with E-state index in [1.54, 1.807) is 12.1 Å². The molecule has 4 N–H and O–H groups in total. The quantitative estimate of drug-likeness (QED) is 0.568. The van der Waals surface area contributed by atoms with Gasteiger partial charge in [-0.1, -0.05) is 30.3 Å². The van der Waals surface area contributed by atoms with Gasteiger partial charge >= 0.3 is 6.09 Å². The molecule has 1 saturated heterocycles. The van der Waals surface area contributed by atoms with Crippen LogP contribution in [-0.2, 0) is 20.8 Å². The van der Waals surface area contributed by atoms with E-state index < -0.39 is 43.3 Å². The minimum atomic E-state index is -1.37. The molecule has 0 bridgehead atoms. The van der Waals surface area contributed by atoms with Crippen LogP contribution in [0.4, 0.5) is 4.79 Å². The van der Waals surface area contributed by atoms with E-state index in [1.807, 2.05) is 18.2 Å². The summed E-state index contributed by atoms with van der Waals surface area (Å²) in [7, 11) is 1.33. The zero-order valence-electron chi connectivity index (χ0n) is 12.7. The molecule has 1 aliphatic rings. The van der Waals surface area contributed by atoms with E-state index in [9.17, 15) is 15.0 Å². The number of hydrogen-bond acceptors (Lipinski definition) is 7. The summed E-state index contributed by atoms with van der Waals surface area (Å²) < 4.78 is 15.4. The number of carbonyl (C=O) groups excluding carboxylic acids is 1. The molecular weight excluding hydrogens is 306 g/mol. The van der Waals surface area contributed by atoms with Crippen molar-refractivity contribution in [3.8, 4) is 0 Å². The molecule has 8 nitrogen and oxygen atoms in total. The van der Waals surface area contributed by atoms with E-state index in [-0.39, 0.29) is 6.61 Å². The number of amides is 1. The van der Waals surface area contributed by atoms with Gasteiger partial charge < -0.3 is 34.8 Å². The van der Waals surface area contributed by atoms with Crippen LogP contribution in [-0.4, -0.2) is 65.8 Å². The Kier molecular flexibility index (Phi) is 6.31. The SMILES string of the molecule is CO[C@H]1O[C@H](CO)[C@@H](O)[C@H](O)[C@H]1NC(=O)OCc1ccccc1. The standard InChI is InChI=1S/C15H21NO7/c1-21-14-11(13(19)12(18)10(7-17)23-14)16-15(20)22-8-9-5-3-2-4-6-9/h2-6,10-14,17-19H,7-8H2,1H3,(H,16,20)/t10-,11-,12-,13-,14+/m1/s1. The molecule has 1 aromatic rings. The molecule has 0 saturated carbocycles. The maximum absolute atomic E-state index is 11.9. The van der Waals surface area contributed by atoms with Crippen LogP contribution >= 0.6 is 0 Å². The summed E-state index contributed by atoms with van der Waals surface area (Å²) in [5.41, 5.74) is 0.812. The average Bonchev–Trinajstić information content (AvgIpc) is 2.58. The lowest BCUT2D eigenvalue weighted by molar-refractivity contribution is -0.262. The van der Waals surface area contributed by atoms with E-state index in [0.29, 0.717) is 0 Å². The maximum Gasteiger partial charge on any atom is 0.407 e. The van der Waals surface area contributed by atoms with Gasteiger partial charge in [0, 0.05) is 7.11 Å². The molecule has 0 spiro atoms. The Morgan fingerprint density at radius 3 is 2.57 bits per heavy atom. The van der Waals surface area contributed by atoms with Crippen LogP contribution in [0.3, 0.4) is 0 Å². The number of nitrogens with one attached hydrogen (secondary N) is 1. The third-order valence-electron chi connectivity index (χ3n) is 3.61. The second-order valence-electron chi connectivity index (χ2n) is 5.17. The van der Waals surface area contributed by atoms with Crippen molar-refractivity contribution in [3.63, 3.8) is 0 Å². The van der Waals surface area contributed by atoms with E-state index >= 15 is 0 Å². The molecule has 2 rings (SSSR count). The number of carbonyl (C=O) groups is 1. The normalized spacial score (nSPS) is 30.7.